The van der Waals surface area contributed by atoms with Crippen LogP contribution in [0, 0.1) is 3.57 Å². The van der Waals surface area contributed by atoms with Gasteiger partial charge in [0.05, 0.1) is 0 Å². The van der Waals surface area contributed by atoms with Gasteiger partial charge in [0.25, 0.3) is 0 Å². The second kappa shape index (κ2) is 6.20. The van der Waals surface area contributed by atoms with Crippen LogP contribution in [0.3, 0.4) is 0 Å². The summed E-state index contributed by atoms with van der Waals surface area (Å²) in [5.41, 5.74) is 5.19. The van der Waals surface area contributed by atoms with E-state index >= 15 is 0 Å². The summed E-state index contributed by atoms with van der Waals surface area (Å²) >= 11 is 2.40. The fraction of sp³-hybridized carbons (Fsp3) is 0.0476. The molecule has 0 unspecified atom stereocenters. The number of halogens is 1. The van der Waals surface area contributed by atoms with Crippen molar-refractivity contribution in [3.8, 4) is 11.1 Å². The highest BCUT2D eigenvalue weighted by molar-refractivity contribution is 14.1. The van der Waals surface area contributed by atoms with Crippen molar-refractivity contribution in [2.75, 3.05) is 0 Å². The molecule has 0 spiro atoms. The minimum absolute atomic E-state index is 0.894. The first kappa shape index (κ1) is 14.5. The van der Waals surface area contributed by atoms with Gasteiger partial charge in [0.1, 0.15) is 0 Å². The van der Waals surface area contributed by atoms with Crippen LogP contribution in [0.25, 0.3) is 22.0 Å². The SMILES string of the molecule is Ic1ccccc1-c1cccc(Cn2ccc3ccccc32)c1. The van der Waals surface area contributed by atoms with E-state index in [1.165, 1.54) is 31.2 Å². The molecule has 0 aliphatic rings. The van der Waals surface area contributed by atoms with Gasteiger partial charge in [-0.3, -0.25) is 0 Å². The van der Waals surface area contributed by atoms with E-state index in [2.05, 4.69) is 112 Å². The molecular weight excluding hydrogens is 393 g/mol. The largest absolute Gasteiger partial charge is 0.343 e. The smallest absolute Gasteiger partial charge is 0.0483 e. The minimum atomic E-state index is 0.894. The van der Waals surface area contributed by atoms with Crippen LogP contribution in [0.1, 0.15) is 5.56 Å². The van der Waals surface area contributed by atoms with E-state index in [0.717, 1.165) is 6.54 Å². The Hall–Kier alpha value is -2.07. The first-order valence-corrected chi connectivity index (χ1v) is 8.77. The zero-order chi connectivity index (χ0) is 15.6. The zero-order valence-electron chi connectivity index (χ0n) is 12.6. The van der Waals surface area contributed by atoms with Crippen molar-refractivity contribution in [2.24, 2.45) is 0 Å². The standard InChI is InChI=1S/C21H16IN/c22-20-10-3-2-9-19(20)18-8-5-6-16(14-18)15-23-13-12-17-7-1-4-11-21(17)23/h1-14H,15H2. The summed E-state index contributed by atoms with van der Waals surface area (Å²) < 4.78 is 3.60. The van der Waals surface area contributed by atoms with E-state index in [4.69, 9.17) is 0 Å². The third kappa shape index (κ3) is 2.91. The van der Waals surface area contributed by atoms with Crippen molar-refractivity contribution >= 4 is 33.5 Å². The van der Waals surface area contributed by atoms with Gasteiger partial charge in [-0.2, -0.15) is 0 Å². The van der Waals surface area contributed by atoms with Crippen molar-refractivity contribution in [3.63, 3.8) is 0 Å². The van der Waals surface area contributed by atoms with E-state index < -0.39 is 0 Å². The molecule has 0 saturated carbocycles. The van der Waals surface area contributed by atoms with Gasteiger partial charge in [-0.05, 0) is 68.9 Å². The maximum atomic E-state index is 2.40. The minimum Gasteiger partial charge on any atom is -0.343 e. The zero-order valence-corrected chi connectivity index (χ0v) is 14.8. The molecule has 0 aliphatic carbocycles. The lowest BCUT2D eigenvalue weighted by atomic mass is 10.0. The predicted octanol–water partition coefficient (Wildman–Crippen LogP) is 5.96. The number of rotatable bonds is 3. The molecule has 23 heavy (non-hydrogen) atoms. The highest BCUT2D eigenvalue weighted by atomic mass is 127. The summed E-state index contributed by atoms with van der Waals surface area (Å²) in [5, 5.41) is 1.29. The molecule has 4 aromatic rings. The molecule has 2 heteroatoms. The molecule has 112 valence electrons. The Morgan fingerprint density at radius 3 is 2.52 bits per heavy atom. The predicted molar refractivity (Wildman–Crippen MR) is 106 cm³/mol. The quantitative estimate of drug-likeness (QED) is 0.368. The van der Waals surface area contributed by atoms with Crippen LogP contribution in [-0.2, 0) is 6.54 Å². The molecule has 4 rings (SSSR count). The Labute approximate surface area is 149 Å². The summed E-state index contributed by atoms with van der Waals surface area (Å²) in [5.74, 6) is 0. The maximum absolute atomic E-state index is 2.40. The van der Waals surface area contributed by atoms with Crippen LogP contribution in [0.15, 0.2) is 85.1 Å². The first-order chi connectivity index (χ1) is 11.3. The molecule has 1 heterocycles. The highest BCUT2D eigenvalue weighted by Gasteiger charge is 2.05. The fourth-order valence-electron chi connectivity index (χ4n) is 3.01. The number of nitrogens with zero attached hydrogens (tertiary/aromatic N) is 1. The third-order valence-electron chi connectivity index (χ3n) is 4.14. The lowest BCUT2D eigenvalue weighted by molar-refractivity contribution is 0.837. The van der Waals surface area contributed by atoms with E-state index in [9.17, 15) is 0 Å². The van der Waals surface area contributed by atoms with Gasteiger partial charge in [0.2, 0.25) is 0 Å². The topological polar surface area (TPSA) is 4.93 Å². The van der Waals surface area contributed by atoms with E-state index in [0.29, 0.717) is 0 Å². The summed E-state index contributed by atoms with van der Waals surface area (Å²) in [6.45, 7) is 0.894. The van der Waals surface area contributed by atoms with Gasteiger partial charge in [-0.1, -0.05) is 54.6 Å². The Balaban J connectivity index is 1.71. The molecule has 0 amide bonds. The van der Waals surface area contributed by atoms with E-state index in [1.54, 1.807) is 0 Å². The van der Waals surface area contributed by atoms with Crippen molar-refractivity contribution in [1.29, 1.82) is 0 Å². The van der Waals surface area contributed by atoms with Gasteiger partial charge >= 0.3 is 0 Å². The summed E-state index contributed by atoms with van der Waals surface area (Å²) in [6, 6.07) is 28.1. The number of hydrogen-bond acceptors (Lipinski definition) is 0. The van der Waals surface area contributed by atoms with Crippen LogP contribution in [0.4, 0.5) is 0 Å². The van der Waals surface area contributed by atoms with Crippen LogP contribution in [0.2, 0.25) is 0 Å². The lowest BCUT2D eigenvalue weighted by Crippen LogP contribution is -1.98. The van der Waals surface area contributed by atoms with E-state index in [-0.39, 0.29) is 0 Å². The molecular formula is C21H16IN. The van der Waals surface area contributed by atoms with Gasteiger partial charge in [-0.25, -0.2) is 0 Å². The lowest BCUT2D eigenvalue weighted by Gasteiger charge is -2.09. The van der Waals surface area contributed by atoms with Gasteiger partial charge < -0.3 is 4.57 Å². The van der Waals surface area contributed by atoms with Gasteiger partial charge in [0, 0.05) is 21.8 Å². The van der Waals surface area contributed by atoms with Crippen molar-refractivity contribution < 1.29 is 0 Å². The molecule has 0 radical (unpaired) electrons. The van der Waals surface area contributed by atoms with Crippen LogP contribution in [-0.4, -0.2) is 4.57 Å². The monoisotopic (exact) mass is 409 g/mol. The van der Waals surface area contributed by atoms with Crippen LogP contribution in [0.5, 0.6) is 0 Å². The van der Waals surface area contributed by atoms with Crippen molar-refractivity contribution in [3.05, 3.63) is 94.2 Å². The molecule has 3 aromatic carbocycles. The number of para-hydroxylation sites is 1. The summed E-state index contributed by atoms with van der Waals surface area (Å²) in [7, 11) is 0. The molecule has 1 nitrogen and oxygen atoms in total. The Bertz CT molecular complexity index is 968. The average Bonchev–Trinajstić information content (AvgIpc) is 2.99. The second-order valence-corrected chi connectivity index (χ2v) is 6.84. The molecule has 1 aromatic heterocycles. The maximum Gasteiger partial charge on any atom is 0.0483 e. The third-order valence-corrected chi connectivity index (χ3v) is 5.09. The second-order valence-electron chi connectivity index (χ2n) is 5.68. The number of aromatic nitrogens is 1. The molecule has 0 N–H and O–H groups in total. The Kier molecular flexibility index (Phi) is 3.92. The number of hydrogen-bond donors (Lipinski definition) is 0. The van der Waals surface area contributed by atoms with Crippen molar-refractivity contribution in [2.45, 2.75) is 6.54 Å². The van der Waals surface area contributed by atoms with Crippen molar-refractivity contribution in [1.82, 2.24) is 4.57 Å². The van der Waals surface area contributed by atoms with Gasteiger partial charge in [-0.15, -0.1) is 0 Å². The van der Waals surface area contributed by atoms with E-state index in [1.807, 2.05) is 0 Å². The average molecular weight is 409 g/mol. The number of benzene rings is 3. The summed E-state index contributed by atoms with van der Waals surface area (Å²) in [6.07, 6.45) is 2.17. The fourth-order valence-corrected chi connectivity index (χ4v) is 3.71. The van der Waals surface area contributed by atoms with Crippen LogP contribution >= 0.6 is 22.6 Å². The summed E-state index contributed by atoms with van der Waals surface area (Å²) in [4.78, 5) is 0. The molecule has 0 atom stereocenters. The molecule has 0 fully saturated rings. The molecule has 0 aliphatic heterocycles. The molecule has 0 saturated heterocycles. The Morgan fingerprint density at radius 2 is 1.61 bits per heavy atom. The number of fused-ring (bicyclic) bond motifs is 1. The van der Waals surface area contributed by atoms with Crippen LogP contribution < -0.4 is 0 Å². The Morgan fingerprint density at radius 1 is 0.783 bits per heavy atom. The van der Waals surface area contributed by atoms with Gasteiger partial charge in [0.15, 0.2) is 0 Å². The first-order valence-electron chi connectivity index (χ1n) is 7.69. The highest BCUT2D eigenvalue weighted by Crippen LogP contribution is 2.26. The normalized spacial score (nSPS) is 11.0. The molecule has 0 bridgehead atoms.